The van der Waals surface area contributed by atoms with Gasteiger partial charge < -0.3 is 15.0 Å². The first-order valence-corrected chi connectivity index (χ1v) is 10.1. The first kappa shape index (κ1) is 20.8. The molecule has 2 N–H and O–H groups in total. The zero-order valence-corrected chi connectivity index (χ0v) is 18.2. The van der Waals surface area contributed by atoms with Gasteiger partial charge in [-0.1, -0.05) is 23.4 Å². The summed E-state index contributed by atoms with van der Waals surface area (Å²) >= 11 is 6.35. The van der Waals surface area contributed by atoms with E-state index in [1.165, 1.54) is 0 Å². The van der Waals surface area contributed by atoms with Gasteiger partial charge in [0.25, 0.3) is 0 Å². The summed E-state index contributed by atoms with van der Waals surface area (Å²) in [7, 11) is 1.68. The predicted molar refractivity (Wildman–Crippen MR) is 121 cm³/mol. The standard InChI is InChI=1S/C23H21ClN6O/c1-14-10-26-20(15(2)21(14)31-3)13-30-8-6-17-12-28-22(29-23(17)30)19-9-18(24)16(11-27-19)5-4-7-25/h6,8-12H,7,13,25H2,1-3H3. The van der Waals surface area contributed by atoms with Crippen LogP contribution < -0.4 is 10.5 Å². The highest BCUT2D eigenvalue weighted by Crippen LogP contribution is 2.26. The van der Waals surface area contributed by atoms with Crippen LogP contribution in [0.4, 0.5) is 0 Å². The van der Waals surface area contributed by atoms with Crippen LogP contribution in [0, 0.1) is 25.7 Å². The van der Waals surface area contributed by atoms with Crippen molar-refractivity contribution in [2.75, 3.05) is 13.7 Å². The number of hydrogen-bond acceptors (Lipinski definition) is 6. The van der Waals surface area contributed by atoms with Crippen LogP contribution in [0.2, 0.25) is 5.02 Å². The lowest BCUT2D eigenvalue weighted by molar-refractivity contribution is 0.406. The topological polar surface area (TPSA) is 91.7 Å². The van der Waals surface area contributed by atoms with Crippen LogP contribution in [0.15, 0.2) is 36.9 Å². The molecule has 0 fully saturated rings. The number of methoxy groups -OCH3 is 1. The molecule has 156 valence electrons. The van der Waals surface area contributed by atoms with Crippen LogP contribution in [-0.4, -0.2) is 38.2 Å². The van der Waals surface area contributed by atoms with E-state index >= 15 is 0 Å². The number of nitrogens with zero attached hydrogens (tertiary/aromatic N) is 5. The Morgan fingerprint density at radius 1 is 1.16 bits per heavy atom. The van der Waals surface area contributed by atoms with Gasteiger partial charge in [0.15, 0.2) is 5.82 Å². The Morgan fingerprint density at radius 3 is 2.74 bits per heavy atom. The molecule has 4 heterocycles. The van der Waals surface area contributed by atoms with Gasteiger partial charge in [0.05, 0.1) is 36.5 Å². The van der Waals surface area contributed by atoms with Crippen molar-refractivity contribution in [3.8, 4) is 29.1 Å². The van der Waals surface area contributed by atoms with Crippen LogP contribution in [0.3, 0.4) is 0 Å². The van der Waals surface area contributed by atoms with Gasteiger partial charge in [-0.25, -0.2) is 9.97 Å². The normalized spacial score (nSPS) is 10.7. The summed E-state index contributed by atoms with van der Waals surface area (Å²) in [5.41, 5.74) is 10.3. The molecule has 4 aromatic heterocycles. The molecule has 0 saturated carbocycles. The van der Waals surface area contributed by atoms with E-state index in [2.05, 4.69) is 26.8 Å². The maximum absolute atomic E-state index is 6.35. The van der Waals surface area contributed by atoms with Crippen molar-refractivity contribution in [1.29, 1.82) is 0 Å². The molecule has 0 atom stereocenters. The Balaban J connectivity index is 1.71. The van der Waals surface area contributed by atoms with E-state index in [0.717, 1.165) is 33.6 Å². The van der Waals surface area contributed by atoms with Crippen LogP contribution in [0.25, 0.3) is 22.6 Å². The number of ether oxygens (including phenoxy) is 1. The lowest BCUT2D eigenvalue weighted by atomic mass is 10.1. The molecule has 0 amide bonds. The Morgan fingerprint density at radius 2 is 2.00 bits per heavy atom. The Bertz CT molecular complexity index is 1340. The molecule has 8 heteroatoms. The van der Waals surface area contributed by atoms with Crippen molar-refractivity contribution in [2.45, 2.75) is 20.4 Å². The van der Waals surface area contributed by atoms with E-state index in [0.29, 0.717) is 28.6 Å². The van der Waals surface area contributed by atoms with Gasteiger partial charge in [0, 0.05) is 41.3 Å². The second kappa shape index (κ2) is 8.72. The minimum atomic E-state index is 0.260. The predicted octanol–water partition coefficient (Wildman–Crippen LogP) is 3.53. The van der Waals surface area contributed by atoms with Crippen LogP contribution in [0.1, 0.15) is 22.4 Å². The SMILES string of the molecule is COc1c(C)cnc(Cn2ccc3cnc(-c4cc(Cl)c(C#CCN)cn4)nc32)c1C. The second-order valence-corrected chi connectivity index (χ2v) is 7.42. The molecule has 0 bridgehead atoms. The average molecular weight is 433 g/mol. The third kappa shape index (κ3) is 4.08. The zero-order chi connectivity index (χ0) is 22.0. The van der Waals surface area contributed by atoms with Gasteiger partial charge in [-0.2, -0.15) is 0 Å². The van der Waals surface area contributed by atoms with Crippen molar-refractivity contribution in [3.63, 3.8) is 0 Å². The van der Waals surface area contributed by atoms with E-state index in [1.807, 2.05) is 36.9 Å². The summed E-state index contributed by atoms with van der Waals surface area (Å²) in [6.45, 7) is 4.82. The zero-order valence-electron chi connectivity index (χ0n) is 17.5. The molecule has 0 unspecified atom stereocenters. The average Bonchev–Trinajstić information content (AvgIpc) is 3.17. The number of halogens is 1. The molecular formula is C23H21ClN6O. The Labute approximate surface area is 185 Å². The molecule has 31 heavy (non-hydrogen) atoms. The maximum atomic E-state index is 6.35. The lowest BCUT2D eigenvalue weighted by Gasteiger charge is -2.13. The highest BCUT2D eigenvalue weighted by Gasteiger charge is 2.13. The number of fused-ring (bicyclic) bond motifs is 1. The highest BCUT2D eigenvalue weighted by molar-refractivity contribution is 6.31. The van der Waals surface area contributed by atoms with Gasteiger partial charge in [0.1, 0.15) is 17.1 Å². The van der Waals surface area contributed by atoms with Crippen LogP contribution in [0.5, 0.6) is 5.75 Å². The minimum Gasteiger partial charge on any atom is -0.496 e. The second-order valence-electron chi connectivity index (χ2n) is 7.02. The summed E-state index contributed by atoms with van der Waals surface area (Å²) in [6, 6.07) is 3.69. The first-order chi connectivity index (χ1) is 15.0. The van der Waals surface area contributed by atoms with Gasteiger partial charge >= 0.3 is 0 Å². The van der Waals surface area contributed by atoms with E-state index in [-0.39, 0.29) is 6.54 Å². The summed E-state index contributed by atoms with van der Waals surface area (Å²) in [5, 5.41) is 1.41. The van der Waals surface area contributed by atoms with E-state index in [4.69, 9.17) is 27.1 Å². The molecule has 0 spiro atoms. The number of nitrogens with two attached hydrogens (primary N) is 1. The molecule has 4 rings (SSSR count). The summed E-state index contributed by atoms with van der Waals surface area (Å²) in [4.78, 5) is 18.2. The first-order valence-electron chi connectivity index (χ1n) is 9.67. The van der Waals surface area contributed by atoms with Crippen molar-refractivity contribution in [3.05, 3.63) is 64.3 Å². The Hall–Kier alpha value is -3.47. The summed E-state index contributed by atoms with van der Waals surface area (Å²) < 4.78 is 7.57. The van der Waals surface area contributed by atoms with Gasteiger partial charge in [0.2, 0.25) is 0 Å². The third-order valence-electron chi connectivity index (χ3n) is 4.98. The fourth-order valence-electron chi connectivity index (χ4n) is 3.40. The monoisotopic (exact) mass is 432 g/mol. The van der Waals surface area contributed by atoms with E-state index < -0.39 is 0 Å². The van der Waals surface area contributed by atoms with Crippen LogP contribution in [-0.2, 0) is 6.54 Å². The number of aryl methyl sites for hydroxylation is 1. The molecule has 0 radical (unpaired) electrons. The molecule has 4 aromatic rings. The number of rotatable bonds is 4. The molecule has 7 nitrogen and oxygen atoms in total. The molecule has 0 saturated heterocycles. The Kier molecular flexibility index (Phi) is 5.85. The largest absolute Gasteiger partial charge is 0.496 e. The van der Waals surface area contributed by atoms with Crippen molar-refractivity contribution in [1.82, 2.24) is 24.5 Å². The summed E-state index contributed by atoms with van der Waals surface area (Å²) in [5.74, 6) is 7.02. The molecule has 0 aliphatic carbocycles. The van der Waals surface area contributed by atoms with Crippen molar-refractivity contribution in [2.24, 2.45) is 5.73 Å². The van der Waals surface area contributed by atoms with E-state index in [1.54, 1.807) is 25.6 Å². The highest BCUT2D eigenvalue weighted by atomic mass is 35.5. The molecule has 0 aliphatic rings. The smallest absolute Gasteiger partial charge is 0.180 e. The molecule has 0 aromatic carbocycles. The van der Waals surface area contributed by atoms with Crippen molar-refractivity contribution >= 4 is 22.6 Å². The van der Waals surface area contributed by atoms with Crippen LogP contribution >= 0.6 is 11.6 Å². The fraction of sp³-hybridized carbons (Fsp3) is 0.217. The van der Waals surface area contributed by atoms with Gasteiger partial charge in [-0.3, -0.25) is 9.97 Å². The summed E-state index contributed by atoms with van der Waals surface area (Å²) in [6.07, 6.45) is 7.19. The molecule has 0 aliphatic heterocycles. The quantitative estimate of drug-likeness (QED) is 0.496. The number of hydrogen-bond donors (Lipinski definition) is 1. The van der Waals surface area contributed by atoms with Gasteiger partial charge in [-0.05, 0) is 26.0 Å². The van der Waals surface area contributed by atoms with Crippen molar-refractivity contribution < 1.29 is 4.74 Å². The van der Waals surface area contributed by atoms with Gasteiger partial charge in [-0.15, -0.1) is 0 Å². The minimum absolute atomic E-state index is 0.260. The number of aromatic nitrogens is 5. The third-order valence-corrected chi connectivity index (χ3v) is 5.29. The lowest BCUT2D eigenvalue weighted by Crippen LogP contribution is -2.06. The fourth-order valence-corrected chi connectivity index (χ4v) is 3.60. The maximum Gasteiger partial charge on any atom is 0.180 e. The number of pyridine rings is 2. The van der Waals surface area contributed by atoms with E-state index in [9.17, 15) is 0 Å². The molecular weight excluding hydrogens is 412 g/mol.